The van der Waals surface area contributed by atoms with Gasteiger partial charge in [-0.3, -0.25) is 9.69 Å². The van der Waals surface area contributed by atoms with Gasteiger partial charge in [-0.05, 0) is 54.1 Å². The summed E-state index contributed by atoms with van der Waals surface area (Å²) in [6.07, 6.45) is 0. The summed E-state index contributed by atoms with van der Waals surface area (Å²) in [4.78, 5) is 28.4. The van der Waals surface area contributed by atoms with Crippen LogP contribution in [0.4, 0.5) is 17.3 Å². The van der Waals surface area contributed by atoms with Crippen molar-refractivity contribution in [3.8, 4) is 11.5 Å². The summed E-state index contributed by atoms with van der Waals surface area (Å²) in [6, 6.07) is 9.54. The minimum atomic E-state index is -1.11. The van der Waals surface area contributed by atoms with Crippen molar-refractivity contribution in [3.05, 3.63) is 46.5 Å². The number of benzene rings is 1. The maximum absolute atomic E-state index is 12.7. The number of carbonyl (C=O) groups is 1. The molecule has 9 nitrogen and oxygen atoms in total. The van der Waals surface area contributed by atoms with Crippen LogP contribution in [0.3, 0.4) is 0 Å². The van der Waals surface area contributed by atoms with Crippen molar-refractivity contribution < 1.29 is 19.2 Å². The molecule has 0 fully saturated rings. The number of ether oxygens (including phenoxy) is 2. The molecule has 1 aromatic heterocycles. The number of nitrogens with two attached hydrogens (primary N) is 1. The Kier molecular flexibility index (Phi) is 4.37. The third-order valence-corrected chi connectivity index (χ3v) is 3.86. The van der Waals surface area contributed by atoms with Crippen molar-refractivity contribution in [1.29, 1.82) is 0 Å². The summed E-state index contributed by atoms with van der Waals surface area (Å²) in [5.74, 6) is 0.326. The Morgan fingerprint density at radius 1 is 1.27 bits per heavy atom. The van der Waals surface area contributed by atoms with Crippen LogP contribution in [0.1, 0.15) is 13.8 Å². The molecule has 2 aromatic rings. The van der Waals surface area contributed by atoms with E-state index in [2.05, 4.69) is 4.98 Å². The van der Waals surface area contributed by atoms with Gasteiger partial charge in [0.2, 0.25) is 0 Å². The van der Waals surface area contributed by atoms with Crippen molar-refractivity contribution in [2.45, 2.75) is 19.4 Å². The lowest BCUT2D eigenvalue weighted by Gasteiger charge is -2.35. The molecule has 0 bridgehead atoms. The Morgan fingerprint density at radius 2 is 1.96 bits per heavy atom. The summed E-state index contributed by atoms with van der Waals surface area (Å²) >= 11 is 0. The summed E-state index contributed by atoms with van der Waals surface area (Å²) in [5, 5.41) is 11.0. The van der Waals surface area contributed by atoms with Crippen LogP contribution in [0.2, 0.25) is 0 Å². The van der Waals surface area contributed by atoms with Crippen LogP contribution in [0, 0.1) is 10.1 Å². The second-order valence-corrected chi connectivity index (χ2v) is 6.23. The number of nitro groups is 1. The Morgan fingerprint density at radius 3 is 2.62 bits per heavy atom. The smallest absolute Gasteiger partial charge is 0.366 e. The average molecular weight is 358 g/mol. The van der Waals surface area contributed by atoms with Crippen LogP contribution >= 0.6 is 0 Å². The van der Waals surface area contributed by atoms with Crippen molar-refractivity contribution in [3.63, 3.8) is 0 Å². The van der Waals surface area contributed by atoms with Gasteiger partial charge in [0.05, 0.1) is 6.54 Å². The highest BCUT2D eigenvalue weighted by Gasteiger charge is 2.44. The van der Waals surface area contributed by atoms with E-state index in [1.807, 2.05) is 0 Å². The molecular weight excluding hydrogens is 340 g/mol. The van der Waals surface area contributed by atoms with Crippen LogP contribution in [0.5, 0.6) is 11.5 Å². The number of nitrogens with zero attached hydrogens (tertiary/aromatic N) is 3. The molecule has 2 N–H and O–H groups in total. The molecule has 26 heavy (non-hydrogen) atoms. The van der Waals surface area contributed by atoms with E-state index in [1.165, 1.54) is 17.0 Å². The fraction of sp³-hybridized carbons (Fsp3) is 0.294. The van der Waals surface area contributed by atoms with Crippen LogP contribution in [-0.4, -0.2) is 34.6 Å². The lowest BCUT2D eigenvalue weighted by atomic mass is 10.1. The van der Waals surface area contributed by atoms with Gasteiger partial charge < -0.3 is 25.3 Å². The number of rotatable bonds is 5. The summed E-state index contributed by atoms with van der Waals surface area (Å²) in [7, 11) is 0. The third-order valence-electron chi connectivity index (χ3n) is 3.86. The first-order valence-electron chi connectivity index (χ1n) is 7.93. The van der Waals surface area contributed by atoms with E-state index in [-0.39, 0.29) is 30.7 Å². The maximum Gasteiger partial charge on any atom is 0.366 e. The molecule has 9 heteroatoms. The first-order valence-corrected chi connectivity index (χ1v) is 7.93. The van der Waals surface area contributed by atoms with Crippen molar-refractivity contribution in [2.24, 2.45) is 0 Å². The zero-order valence-corrected chi connectivity index (χ0v) is 14.3. The minimum Gasteiger partial charge on any atom is -0.492 e. The zero-order valence-electron chi connectivity index (χ0n) is 14.3. The molecule has 0 aliphatic carbocycles. The van der Waals surface area contributed by atoms with Crippen molar-refractivity contribution in [2.75, 3.05) is 23.8 Å². The molecule has 3 rings (SSSR count). The third kappa shape index (κ3) is 3.37. The van der Waals surface area contributed by atoms with Crippen LogP contribution in [0.15, 0.2) is 36.4 Å². The van der Waals surface area contributed by atoms with Gasteiger partial charge >= 0.3 is 5.82 Å². The number of hydrogen-bond acceptors (Lipinski definition) is 7. The number of amides is 1. The van der Waals surface area contributed by atoms with Gasteiger partial charge in [0.1, 0.15) is 12.4 Å². The van der Waals surface area contributed by atoms with E-state index < -0.39 is 10.5 Å². The lowest BCUT2D eigenvalue weighted by molar-refractivity contribution is -0.389. The number of hydrogen-bond donors (Lipinski definition) is 1. The Balaban J connectivity index is 1.82. The molecule has 1 aliphatic heterocycles. The van der Waals surface area contributed by atoms with Crippen LogP contribution in [0.25, 0.3) is 0 Å². The van der Waals surface area contributed by atoms with Gasteiger partial charge in [-0.2, -0.15) is 0 Å². The van der Waals surface area contributed by atoms with E-state index in [1.54, 1.807) is 38.1 Å². The highest BCUT2D eigenvalue weighted by atomic mass is 16.6. The maximum atomic E-state index is 12.7. The minimum absolute atomic E-state index is 0.115. The number of carbonyl (C=O) groups excluding carboxylic acids is 1. The topological polar surface area (TPSA) is 121 Å². The van der Waals surface area contributed by atoms with Gasteiger partial charge in [-0.1, -0.05) is 0 Å². The fourth-order valence-corrected chi connectivity index (χ4v) is 2.57. The van der Waals surface area contributed by atoms with E-state index in [0.717, 1.165) is 0 Å². The Hall–Kier alpha value is -3.36. The van der Waals surface area contributed by atoms with E-state index >= 15 is 0 Å². The van der Waals surface area contributed by atoms with Gasteiger partial charge in [0.15, 0.2) is 11.4 Å². The molecule has 2 heterocycles. The molecule has 0 spiro atoms. The van der Waals surface area contributed by atoms with E-state index in [0.29, 0.717) is 17.2 Å². The number of anilines is 2. The van der Waals surface area contributed by atoms with Gasteiger partial charge in [-0.15, -0.1) is 0 Å². The molecule has 0 saturated carbocycles. The van der Waals surface area contributed by atoms with Gasteiger partial charge in [0.25, 0.3) is 11.7 Å². The summed E-state index contributed by atoms with van der Waals surface area (Å²) in [5.41, 5.74) is 5.14. The molecule has 0 unspecified atom stereocenters. The van der Waals surface area contributed by atoms with Crippen LogP contribution < -0.4 is 20.1 Å². The zero-order chi connectivity index (χ0) is 18.9. The number of nitrogen functional groups attached to an aromatic ring is 1. The molecule has 1 amide bonds. The fourth-order valence-electron chi connectivity index (χ4n) is 2.57. The number of aromatic nitrogens is 1. The first kappa shape index (κ1) is 17.5. The monoisotopic (exact) mass is 358 g/mol. The molecule has 0 atom stereocenters. The predicted octanol–water partition coefficient (Wildman–Crippen LogP) is 2.15. The molecule has 0 radical (unpaired) electrons. The molecule has 1 aliphatic rings. The normalized spacial score (nSPS) is 15.2. The highest BCUT2D eigenvalue weighted by Crippen LogP contribution is 2.37. The Labute approximate surface area is 149 Å². The highest BCUT2D eigenvalue weighted by molar-refractivity contribution is 6.01. The van der Waals surface area contributed by atoms with Crippen molar-refractivity contribution >= 4 is 23.2 Å². The second-order valence-electron chi connectivity index (χ2n) is 6.23. The molecule has 0 saturated heterocycles. The van der Waals surface area contributed by atoms with E-state index in [4.69, 9.17) is 15.2 Å². The van der Waals surface area contributed by atoms with E-state index in [9.17, 15) is 14.9 Å². The Bertz CT molecular complexity index is 851. The van der Waals surface area contributed by atoms with Gasteiger partial charge in [0, 0.05) is 11.8 Å². The van der Waals surface area contributed by atoms with Gasteiger partial charge in [-0.25, -0.2) is 0 Å². The largest absolute Gasteiger partial charge is 0.492 e. The molecule has 1 aromatic carbocycles. The van der Waals surface area contributed by atoms with Crippen LogP contribution in [-0.2, 0) is 4.79 Å². The van der Waals surface area contributed by atoms with Crippen molar-refractivity contribution in [1.82, 2.24) is 4.98 Å². The SMILES string of the molecule is CC1(C)Oc2ccc([N+](=O)[O-])nc2N(CCOc2ccc(N)cc2)C1=O. The number of pyridine rings is 1. The molecule has 136 valence electrons. The summed E-state index contributed by atoms with van der Waals surface area (Å²) < 4.78 is 11.3. The predicted molar refractivity (Wildman–Crippen MR) is 94.3 cm³/mol. The average Bonchev–Trinajstić information content (AvgIpc) is 2.59. The molecular formula is C17H18N4O5. The first-order chi connectivity index (χ1) is 12.3. The summed E-state index contributed by atoms with van der Waals surface area (Å²) in [6.45, 7) is 3.60. The second kappa shape index (κ2) is 6.51. The standard InChI is InChI=1S/C17H18N4O5/c1-17(2)16(22)20(9-10-25-12-5-3-11(18)4-6-12)15-13(26-17)7-8-14(19-15)21(23)24/h3-8H,9-10,18H2,1-2H3. The lowest BCUT2D eigenvalue weighted by Crippen LogP contribution is -2.53. The quantitative estimate of drug-likeness (QED) is 0.494. The number of fused-ring (bicyclic) bond motifs is 1.